The quantitative estimate of drug-likeness (QED) is 0.0882. The van der Waals surface area contributed by atoms with E-state index in [4.69, 9.17) is 0 Å². The summed E-state index contributed by atoms with van der Waals surface area (Å²) in [6.45, 7) is 7.48. The van der Waals surface area contributed by atoms with Gasteiger partial charge in [0, 0.05) is 31.9 Å². The number of benzene rings is 3. The third-order valence-corrected chi connectivity index (χ3v) is 11.8. The summed E-state index contributed by atoms with van der Waals surface area (Å²) in [6, 6.07) is 24.7. The largest absolute Gasteiger partial charge is 0.481 e. The predicted molar refractivity (Wildman–Crippen MR) is 209 cm³/mol. The third kappa shape index (κ3) is 11.1. The third-order valence-electron chi connectivity index (χ3n) is 11.8. The summed E-state index contributed by atoms with van der Waals surface area (Å²) in [5.74, 6) is -3.11. The number of hydrogen-bond donors (Lipinski definition) is 7. The zero-order valence-electron chi connectivity index (χ0n) is 31.2. The maximum atomic E-state index is 12.3. The second kappa shape index (κ2) is 19.3. The van der Waals surface area contributed by atoms with E-state index >= 15 is 0 Å². The number of carboxylic acids is 3. The van der Waals surface area contributed by atoms with Gasteiger partial charge in [0.2, 0.25) is 0 Å². The Morgan fingerprint density at radius 2 is 0.981 bits per heavy atom. The fourth-order valence-electron chi connectivity index (χ4n) is 8.80. The highest BCUT2D eigenvalue weighted by molar-refractivity contribution is 5.72. The number of nitrogens with one attached hydrogen (secondary N) is 4. The lowest BCUT2D eigenvalue weighted by Crippen LogP contribution is -2.29. The number of anilines is 1. The lowest BCUT2D eigenvalue weighted by atomic mass is 9.86. The van der Waals surface area contributed by atoms with Crippen molar-refractivity contribution in [2.45, 2.75) is 51.6 Å². The molecule has 0 aromatic heterocycles. The molecule has 3 aliphatic rings. The zero-order valence-corrected chi connectivity index (χ0v) is 31.2. The normalized spacial score (nSPS) is 21.5. The van der Waals surface area contributed by atoms with Crippen LogP contribution in [0.15, 0.2) is 72.8 Å². The fourth-order valence-corrected chi connectivity index (χ4v) is 8.80. The van der Waals surface area contributed by atoms with Crippen LogP contribution in [0.25, 0.3) is 0 Å². The molecular formula is C43H57N5O6. The molecule has 3 aliphatic heterocycles. The average molecular weight is 740 g/mol. The van der Waals surface area contributed by atoms with Gasteiger partial charge in [-0.1, -0.05) is 60.7 Å². The van der Waals surface area contributed by atoms with Crippen molar-refractivity contribution in [2.75, 3.05) is 57.7 Å². The summed E-state index contributed by atoms with van der Waals surface area (Å²) in [7, 11) is 0. The van der Waals surface area contributed by atoms with Gasteiger partial charge in [0.1, 0.15) is 0 Å². The Hall–Kier alpha value is -4.29. The van der Waals surface area contributed by atoms with Crippen LogP contribution >= 0.6 is 0 Å². The molecule has 11 heteroatoms. The number of carboxylic acid groups (broad SMARTS) is 3. The first kappa shape index (κ1) is 39.4. The van der Waals surface area contributed by atoms with E-state index < -0.39 is 35.7 Å². The highest BCUT2D eigenvalue weighted by atomic mass is 16.4. The van der Waals surface area contributed by atoms with Gasteiger partial charge in [0.15, 0.2) is 0 Å². The molecule has 0 spiro atoms. The molecule has 290 valence electrons. The van der Waals surface area contributed by atoms with Gasteiger partial charge in [-0.05, 0) is 135 Å². The maximum Gasteiger partial charge on any atom is 0.307 e. The standard InChI is InChI=1S/C43H57N5O6/c49-41(50)38(34-10-13-44-24-34)21-29-4-1-7-32(18-29)27-48(28-33-8-2-5-30(19-33)22-39(42(51)52)35-11-14-45-25-35)17-16-47-37-9-3-6-31(20-37)23-40(43(53)54)36-12-15-46-26-36/h1-9,18-20,34-36,38-40,44-47H,10-17,21-28H2,(H,49,50)(H,51,52)(H,53,54)/t34-,35-,36-,38?,39?,40?/m0/s1. The molecule has 6 atom stereocenters. The summed E-state index contributed by atoms with van der Waals surface area (Å²) in [6.07, 6.45) is 4.13. The van der Waals surface area contributed by atoms with E-state index in [0.717, 1.165) is 92.0 Å². The average Bonchev–Trinajstić information content (AvgIpc) is 3.97. The van der Waals surface area contributed by atoms with Gasteiger partial charge in [-0.2, -0.15) is 0 Å². The van der Waals surface area contributed by atoms with E-state index in [1.165, 1.54) is 0 Å². The van der Waals surface area contributed by atoms with Crippen LogP contribution in [-0.2, 0) is 46.7 Å². The number of hydrogen-bond acceptors (Lipinski definition) is 8. The first-order valence-corrected chi connectivity index (χ1v) is 19.7. The second-order valence-electron chi connectivity index (χ2n) is 15.7. The zero-order chi connectivity index (χ0) is 37.9. The highest BCUT2D eigenvalue weighted by Gasteiger charge is 2.32. The number of aliphatic carboxylic acids is 3. The Kier molecular flexibility index (Phi) is 14.1. The summed E-state index contributed by atoms with van der Waals surface area (Å²) < 4.78 is 0. The van der Waals surface area contributed by atoms with E-state index in [2.05, 4.69) is 56.5 Å². The van der Waals surface area contributed by atoms with Crippen molar-refractivity contribution < 1.29 is 29.7 Å². The van der Waals surface area contributed by atoms with Gasteiger partial charge in [-0.15, -0.1) is 0 Å². The SMILES string of the molecule is O=C(O)C(Cc1cccc(CN(CCNc2cccc(CC(C(=O)O)[C@H]3CCNC3)c2)Cc2cccc(CC(C(=O)O)[C@H]3CCNC3)c2)c1)[C@H]1CCNC1. The minimum absolute atomic E-state index is 0.125. The van der Waals surface area contributed by atoms with Crippen molar-refractivity contribution >= 4 is 23.6 Å². The van der Waals surface area contributed by atoms with Crippen LogP contribution in [0.2, 0.25) is 0 Å². The van der Waals surface area contributed by atoms with Crippen molar-refractivity contribution in [3.05, 3.63) is 101 Å². The van der Waals surface area contributed by atoms with Gasteiger partial charge in [-0.25, -0.2) is 0 Å². The lowest BCUT2D eigenvalue weighted by molar-refractivity contribution is -0.144. The van der Waals surface area contributed by atoms with Crippen LogP contribution in [0, 0.1) is 35.5 Å². The van der Waals surface area contributed by atoms with Gasteiger partial charge in [-0.3, -0.25) is 19.3 Å². The molecular weight excluding hydrogens is 683 g/mol. The van der Waals surface area contributed by atoms with E-state index in [0.29, 0.717) is 45.4 Å². The minimum atomic E-state index is -0.742. The number of rotatable bonds is 20. The molecule has 3 aromatic rings. The molecule has 6 rings (SSSR count). The predicted octanol–water partition coefficient (Wildman–Crippen LogP) is 4.36. The molecule has 3 heterocycles. The van der Waals surface area contributed by atoms with Crippen LogP contribution in [-0.4, -0.2) is 90.5 Å². The minimum Gasteiger partial charge on any atom is -0.481 e. The van der Waals surface area contributed by atoms with Crippen LogP contribution in [0.3, 0.4) is 0 Å². The van der Waals surface area contributed by atoms with Crippen LogP contribution in [0.5, 0.6) is 0 Å². The first-order valence-electron chi connectivity index (χ1n) is 19.7. The van der Waals surface area contributed by atoms with Crippen LogP contribution < -0.4 is 21.3 Å². The van der Waals surface area contributed by atoms with Gasteiger partial charge in [0.05, 0.1) is 17.8 Å². The molecule has 3 aromatic carbocycles. The second-order valence-corrected chi connectivity index (χ2v) is 15.7. The molecule has 3 unspecified atom stereocenters. The van der Waals surface area contributed by atoms with Crippen LogP contribution in [0.1, 0.15) is 47.1 Å². The molecule has 0 saturated carbocycles. The van der Waals surface area contributed by atoms with Gasteiger partial charge >= 0.3 is 17.9 Å². The molecule has 0 amide bonds. The molecule has 0 radical (unpaired) electrons. The van der Waals surface area contributed by atoms with Crippen LogP contribution in [0.4, 0.5) is 5.69 Å². The smallest absolute Gasteiger partial charge is 0.307 e. The molecule has 0 aliphatic carbocycles. The topological polar surface area (TPSA) is 163 Å². The Bertz CT molecular complexity index is 1620. The van der Waals surface area contributed by atoms with Crippen molar-refractivity contribution in [1.82, 2.24) is 20.9 Å². The molecule has 11 nitrogen and oxygen atoms in total. The van der Waals surface area contributed by atoms with Gasteiger partial charge in [0.25, 0.3) is 0 Å². The lowest BCUT2D eigenvalue weighted by Gasteiger charge is -2.25. The summed E-state index contributed by atoms with van der Waals surface area (Å²) in [4.78, 5) is 39.0. The Labute approximate surface area is 318 Å². The molecule has 54 heavy (non-hydrogen) atoms. The summed E-state index contributed by atoms with van der Waals surface area (Å²) >= 11 is 0. The van der Waals surface area contributed by atoms with Crippen molar-refractivity contribution in [3.63, 3.8) is 0 Å². The number of nitrogens with zero attached hydrogens (tertiary/aromatic N) is 1. The summed E-state index contributed by atoms with van der Waals surface area (Å²) in [5, 5.41) is 43.6. The van der Waals surface area contributed by atoms with Crippen molar-refractivity contribution in [2.24, 2.45) is 35.5 Å². The molecule has 0 bridgehead atoms. The molecule has 3 saturated heterocycles. The fraction of sp³-hybridized carbons (Fsp3) is 0.512. The Morgan fingerprint density at radius 1 is 0.593 bits per heavy atom. The monoisotopic (exact) mass is 739 g/mol. The molecule has 3 fully saturated rings. The van der Waals surface area contributed by atoms with E-state index in [1.54, 1.807) is 0 Å². The van der Waals surface area contributed by atoms with E-state index in [1.807, 2.05) is 42.5 Å². The summed E-state index contributed by atoms with van der Waals surface area (Å²) in [5.41, 5.74) is 6.23. The first-order chi connectivity index (χ1) is 26.2. The van der Waals surface area contributed by atoms with Crippen molar-refractivity contribution in [3.8, 4) is 0 Å². The Morgan fingerprint density at radius 3 is 1.37 bits per heavy atom. The van der Waals surface area contributed by atoms with E-state index in [9.17, 15) is 29.7 Å². The van der Waals surface area contributed by atoms with Crippen molar-refractivity contribution in [1.29, 1.82) is 0 Å². The number of carbonyl (C=O) groups is 3. The van der Waals surface area contributed by atoms with Gasteiger partial charge < -0.3 is 36.6 Å². The highest BCUT2D eigenvalue weighted by Crippen LogP contribution is 2.27. The maximum absolute atomic E-state index is 12.3. The molecule has 7 N–H and O–H groups in total. The van der Waals surface area contributed by atoms with E-state index in [-0.39, 0.29) is 17.8 Å². The Balaban J connectivity index is 1.15.